The smallest absolute Gasteiger partial charge is 0.238 e. The molecular weight excluding hydrogens is 252 g/mol. The lowest BCUT2D eigenvalue weighted by Crippen LogP contribution is -2.28. The van der Waals surface area contributed by atoms with Gasteiger partial charge in [0.2, 0.25) is 5.91 Å². The number of ether oxygens (including phenoxy) is 1. The zero-order valence-corrected chi connectivity index (χ0v) is 12.7. The maximum absolute atomic E-state index is 11.7. The fraction of sp³-hybridized carbons (Fsp3) is 0.562. The van der Waals surface area contributed by atoms with Crippen LogP contribution in [0.15, 0.2) is 24.3 Å². The number of anilines is 1. The summed E-state index contributed by atoms with van der Waals surface area (Å²) >= 11 is 0. The number of nitrogens with one attached hydrogen (secondary N) is 2. The minimum atomic E-state index is -0.00714. The van der Waals surface area contributed by atoms with Crippen LogP contribution in [0.25, 0.3) is 0 Å². The molecule has 0 aliphatic heterocycles. The minimum absolute atomic E-state index is 0.00714. The number of unbranched alkanes of at least 4 members (excludes halogenated alkanes) is 1. The van der Waals surface area contributed by atoms with Gasteiger partial charge in [0.15, 0.2) is 0 Å². The second-order valence-corrected chi connectivity index (χ2v) is 5.22. The molecule has 112 valence electrons. The van der Waals surface area contributed by atoms with Gasteiger partial charge < -0.3 is 15.4 Å². The third-order valence-electron chi connectivity index (χ3n) is 2.82. The normalized spacial score (nSPS) is 10.8. The van der Waals surface area contributed by atoms with Gasteiger partial charge in [-0.3, -0.25) is 4.79 Å². The van der Waals surface area contributed by atoms with Crippen LogP contribution >= 0.6 is 0 Å². The molecule has 0 unspecified atom stereocenters. The van der Waals surface area contributed by atoms with Crippen LogP contribution in [0.4, 0.5) is 5.69 Å². The Labute approximate surface area is 121 Å². The van der Waals surface area contributed by atoms with Crippen molar-refractivity contribution in [3.63, 3.8) is 0 Å². The van der Waals surface area contributed by atoms with Crippen LogP contribution in [0.5, 0.6) is 0 Å². The van der Waals surface area contributed by atoms with Gasteiger partial charge in [0.25, 0.3) is 0 Å². The molecule has 1 amide bonds. The van der Waals surface area contributed by atoms with E-state index < -0.39 is 0 Å². The average Bonchev–Trinajstić information content (AvgIpc) is 2.40. The molecule has 4 heteroatoms. The van der Waals surface area contributed by atoms with Gasteiger partial charge in [0.1, 0.15) is 0 Å². The standard InChI is InChI=1S/C16H26N2O2/c1-13(2)20-11-5-4-10-17-12-16(19)18-15-8-6-14(3)7-9-15/h6-9,13,17H,4-5,10-12H2,1-3H3,(H,18,19). The van der Waals surface area contributed by atoms with Crippen LogP contribution in [0.2, 0.25) is 0 Å². The highest BCUT2D eigenvalue weighted by atomic mass is 16.5. The SMILES string of the molecule is Cc1ccc(NC(=O)CNCCCCOC(C)C)cc1. The number of hydrogen-bond acceptors (Lipinski definition) is 3. The molecule has 0 radical (unpaired) electrons. The zero-order chi connectivity index (χ0) is 14.8. The Morgan fingerprint density at radius 3 is 2.55 bits per heavy atom. The van der Waals surface area contributed by atoms with Crippen molar-refractivity contribution in [2.24, 2.45) is 0 Å². The molecule has 0 fully saturated rings. The van der Waals surface area contributed by atoms with Gasteiger partial charge in [-0.2, -0.15) is 0 Å². The van der Waals surface area contributed by atoms with Crippen LogP contribution in [0.3, 0.4) is 0 Å². The molecular formula is C16H26N2O2. The van der Waals surface area contributed by atoms with Gasteiger partial charge in [0, 0.05) is 12.3 Å². The Morgan fingerprint density at radius 1 is 1.20 bits per heavy atom. The molecule has 0 heterocycles. The number of carbonyl (C=O) groups excluding carboxylic acids is 1. The lowest BCUT2D eigenvalue weighted by atomic mass is 10.2. The summed E-state index contributed by atoms with van der Waals surface area (Å²) in [6.07, 6.45) is 2.33. The number of rotatable bonds is 9. The molecule has 1 aromatic carbocycles. The van der Waals surface area contributed by atoms with Gasteiger partial charge in [-0.1, -0.05) is 17.7 Å². The number of carbonyl (C=O) groups is 1. The maximum atomic E-state index is 11.7. The summed E-state index contributed by atoms with van der Waals surface area (Å²) in [6.45, 7) is 8.06. The first-order valence-electron chi connectivity index (χ1n) is 7.27. The molecule has 0 aliphatic carbocycles. The average molecular weight is 278 g/mol. The molecule has 0 atom stereocenters. The van der Waals surface area contributed by atoms with E-state index in [-0.39, 0.29) is 5.91 Å². The Bertz CT molecular complexity index is 388. The van der Waals surface area contributed by atoms with Crippen molar-refractivity contribution < 1.29 is 9.53 Å². The molecule has 0 saturated carbocycles. The Morgan fingerprint density at radius 2 is 1.90 bits per heavy atom. The summed E-state index contributed by atoms with van der Waals surface area (Å²) < 4.78 is 5.45. The van der Waals surface area contributed by atoms with E-state index in [0.717, 1.165) is 31.7 Å². The van der Waals surface area contributed by atoms with Gasteiger partial charge in [-0.15, -0.1) is 0 Å². The van der Waals surface area contributed by atoms with E-state index in [2.05, 4.69) is 10.6 Å². The largest absolute Gasteiger partial charge is 0.379 e. The first-order chi connectivity index (χ1) is 9.58. The number of amides is 1. The fourth-order valence-corrected chi connectivity index (χ4v) is 1.72. The van der Waals surface area contributed by atoms with Gasteiger partial charge >= 0.3 is 0 Å². The maximum Gasteiger partial charge on any atom is 0.238 e. The third-order valence-corrected chi connectivity index (χ3v) is 2.82. The molecule has 1 aromatic rings. The molecule has 0 bridgehead atoms. The molecule has 0 saturated heterocycles. The monoisotopic (exact) mass is 278 g/mol. The first-order valence-corrected chi connectivity index (χ1v) is 7.27. The number of benzene rings is 1. The molecule has 1 rings (SSSR count). The molecule has 2 N–H and O–H groups in total. The van der Waals surface area contributed by atoms with Crippen molar-refractivity contribution >= 4 is 11.6 Å². The quantitative estimate of drug-likeness (QED) is 0.683. The van der Waals surface area contributed by atoms with E-state index in [1.807, 2.05) is 45.0 Å². The summed E-state index contributed by atoms with van der Waals surface area (Å²) in [4.78, 5) is 11.7. The second-order valence-electron chi connectivity index (χ2n) is 5.22. The first kappa shape index (κ1) is 16.7. The molecule has 4 nitrogen and oxygen atoms in total. The topological polar surface area (TPSA) is 50.4 Å². The number of aryl methyl sites for hydroxylation is 1. The zero-order valence-electron chi connectivity index (χ0n) is 12.7. The predicted molar refractivity (Wildman–Crippen MR) is 83.0 cm³/mol. The van der Waals surface area contributed by atoms with Gasteiger partial charge in [-0.25, -0.2) is 0 Å². The van der Waals surface area contributed by atoms with Crippen molar-refractivity contribution in [1.29, 1.82) is 0 Å². The lowest BCUT2D eigenvalue weighted by molar-refractivity contribution is -0.115. The number of hydrogen-bond donors (Lipinski definition) is 2. The predicted octanol–water partition coefficient (Wildman–Crippen LogP) is 2.73. The Kier molecular flexibility index (Phi) is 7.92. The Balaban J connectivity index is 2.04. The van der Waals surface area contributed by atoms with Gasteiger partial charge in [-0.05, 0) is 52.3 Å². The highest BCUT2D eigenvalue weighted by Crippen LogP contribution is 2.07. The van der Waals surface area contributed by atoms with Crippen molar-refractivity contribution in [3.05, 3.63) is 29.8 Å². The van der Waals surface area contributed by atoms with Crippen molar-refractivity contribution in [2.45, 2.75) is 39.7 Å². The van der Waals surface area contributed by atoms with Crippen molar-refractivity contribution in [3.8, 4) is 0 Å². The van der Waals surface area contributed by atoms with Crippen LogP contribution in [-0.4, -0.2) is 31.7 Å². The summed E-state index contributed by atoms with van der Waals surface area (Å²) in [7, 11) is 0. The summed E-state index contributed by atoms with van der Waals surface area (Å²) in [5.74, 6) is -0.00714. The molecule has 0 aliphatic rings. The molecule has 0 spiro atoms. The van der Waals surface area contributed by atoms with E-state index in [0.29, 0.717) is 12.6 Å². The lowest BCUT2D eigenvalue weighted by Gasteiger charge is -2.08. The Hall–Kier alpha value is -1.39. The summed E-state index contributed by atoms with van der Waals surface area (Å²) in [6, 6.07) is 7.79. The second kappa shape index (κ2) is 9.50. The van der Waals surface area contributed by atoms with Crippen molar-refractivity contribution in [1.82, 2.24) is 5.32 Å². The van der Waals surface area contributed by atoms with Crippen LogP contribution < -0.4 is 10.6 Å². The van der Waals surface area contributed by atoms with E-state index in [4.69, 9.17) is 4.74 Å². The molecule has 0 aromatic heterocycles. The third kappa shape index (κ3) is 7.92. The van der Waals surface area contributed by atoms with E-state index >= 15 is 0 Å². The van der Waals surface area contributed by atoms with Crippen LogP contribution in [-0.2, 0) is 9.53 Å². The fourth-order valence-electron chi connectivity index (χ4n) is 1.72. The highest BCUT2D eigenvalue weighted by Gasteiger charge is 2.01. The highest BCUT2D eigenvalue weighted by molar-refractivity contribution is 5.92. The minimum Gasteiger partial charge on any atom is -0.379 e. The van der Waals surface area contributed by atoms with E-state index in [1.54, 1.807) is 0 Å². The van der Waals surface area contributed by atoms with E-state index in [9.17, 15) is 4.79 Å². The summed E-state index contributed by atoms with van der Waals surface area (Å²) in [5.41, 5.74) is 2.03. The van der Waals surface area contributed by atoms with Crippen molar-refractivity contribution in [2.75, 3.05) is 25.0 Å². The van der Waals surface area contributed by atoms with Crippen LogP contribution in [0.1, 0.15) is 32.3 Å². The summed E-state index contributed by atoms with van der Waals surface area (Å²) in [5, 5.41) is 6.00. The van der Waals surface area contributed by atoms with Gasteiger partial charge in [0.05, 0.1) is 12.6 Å². The molecule has 20 heavy (non-hydrogen) atoms. The van der Waals surface area contributed by atoms with Crippen LogP contribution in [0, 0.1) is 6.92 Å². The van der Waals surface area contributed by atoms with E-state index in [1.165, 1.54) is 5.56 Å².